The van der Waals surface area contributed by atoms with Crippen LogP contribution < -0.4 is 4.74 Å². The van der Waals surface area contributed by atoms with Crippen LogP contribution in [0.4, 0.5) is 5.69 Å². The summed E-state index contributed by atoms with van der Waals surface area (Å²) in [6.07, 6.45) is 0. The highest BCUT2D eigenvalue weighted by molar-refractivity contribution is 7.80. The second-order valence-corrected chi connectivity index (χ2v) is 6.61. The summed E-state index contributed by atoms with van der Waals surface area (Å²) in [6.45, 7) is 10.5. The lowest BCUT2D eigenvalue weighted by Crippen LogP contribution is -2.28. The van der Waals surface area contributed by atoms with Gasteiger partial charge in [0, 0.05) is 12.0 Å². The molecule has 0 aliphatic rings. The van der Waals surface area contributed by atoms with Crippen molar-refractivity contribution < 1.29 is 9.66 Å². The first-order valence-corrected chi connectivity index (χ1v) is 7.29. The first kappa shape index (κ1) is 16.8. The summed E-state index contributed by atoms with van der Waals surface area (Å²) in [7, 11) is 0. The van der Waals surface area contributed by atoms with E-state index in [4.69, 9.17) is 4.74 Å². The van der Waals surface area contributed by atoms with Gasteiger partial charge >= 0.3 is 5.69 Å². The standard InChI is InChI=1S/C15H23NO3S/c1-10-6-11(2)14(13(7-10)16(17)18)19-8-12(9-20)15(3,4)5/h6-7,12,20H,8-9H2,1-5H3. The minimum Gasteiger partial charge on any atom is -0.486 e. The topological polar surface area (TPSA) is 52.4 Å². The molecule has 0 saturated heterocycles. The molecule has 5 heteroatoms. The summed E-state index contributed by atoms with van der Waals surface area (Å²) in [6, 6.07) is 3.45. The van der Waals surface area contributed by atoms with E-state index in [9.17, 15) is 10.1 Å². The molecule has 20 heavy (non-hydrogen) atoms. The molecule has 0 amide bonds. The number of nitrogens with zero attached hydrogens (tertiary/aromatic N) is 1. The quantitative estimate of drug-likeness (QED) is 0.504. The Morgan fingerprint density at radius 1 is 1.35 bits per heavy atom. The van der Waals surface area contributed by atoms with Crippen LogP contribution in [0.25, 0.3) is 0 Å². The number of benzene rings is 1. The molecule has 0 spiro atoms. The Morgan fingerprint density at radius 2 is 1.95 bits per heavy atom. The summed E-state index contributed by atoms with van der Waals surface area (Å²) in [5.74, 6) is 1.28. The zero-order chi connectivity index (χ0) is 15.5. The van der Waals surface area contributed by atoms with Gasteiger partial charge in [0.25, 0.3) is 0 Å². The Morgan fingerprint density at radius 3 is 2.40 bits per heavy atom. The molecule has 112 valence electrons. The molecule has 0 aromatic heterocycles. The van der Waals surface area contributed by atoms with E-state index in [1.54, 1.807) is 6.07 Å². The Kier molecular flexibility index (Phi) is 5.45. The molecular weight excluding hydrogens is 274 g/mol. The average molecular weight is 297 g/mol. The molecule has 0 saturated carbocycles. The molecule has 1 aromatic carbocycles. The van der Waals surface area contributed by atoms with Crippen molar-refractivity contribution >= 4 is 18.3 Å². The maximum Gasteiger partial charge on any atom is 0.311 e. The van der Waals surface area contributed by atoms with E-state index in [1.165, 1.54) is 0 Å². The molecule has 4 nitrogen and oxygen atoms in total. The van der Waals surface area contributed by atoms with Gasteiger partial charge in [-0.15, -0.1) is 0 Å². The van der Waals surface area contributed by atoms with Crippen molar-refractivity contribution in [3.63, 3.8) is 0 Å². The average Bonchev–Trinajstić information content (AvgIpc) is 2.29. The number of rotatable bonds is 5. The van der Waals surface area contributed by atoms with Crippen LogP contribution in [-0.4, -0.2) is 17.3 Å². The van der Waals surface area contributed by atoms with Gasteiger partial charge in [-0.3, -0.25) is 10.1 Å². The fraction of sp³-hybridized carbons (Fsp3) is 0.600. The Labute approximate surface area is 126 Å². The van der Waals surface area contributed by atoms with Gasteiger partial charge < -0.3 is 4.74 Å². The highest BCUT2D eigenvalue weighted by Crippen LogP contribution is 2.34. The third-order valence-electron chi connectivity index (χ3n) is 3.47. The number of nitro benzene ring substituents is 1. The number of thiol groups is 1. The molecule has 0 aliphatic carbocycles. The molecule has 0 bridgehead atoms. The van der Waals surface area contributed by atoms with Crippen LogP contribution in [-0.2, 0) is 0 Å². The van der Waals surface area contributed by atoms with Crippen LogP contribution in [0, 0.1) is 35.3 Å². The maximum atomic E-state index is 11.1. The van der Waals surface area contributed by atoms with Gasteiger partial charge in [-0.1, -0.05) is 26.8 Å². The van der Waals surface area contributed by atoms with Crippen molar-refractivity contribution in [3.8, 4) is 5.75 Å². The lowest BCUT2D eigenvalue weighted by Gasteiger charge is -2.29. The SMILES string of the molecule is Cc1cc(C)c(OCC(CS)C(C)(C)C)c([N+](=O)[O-])c1. The van der Waals surface area contributed by atoms with Crippen molar-refractivity contribution in [1.29, 1.82) is 0 Å². The summed E-state index contributed by atoms with van der Waals surface area (Å²) in [5.41, 5.74) is 1.75. The largest absolute Gasteiger partial charge is 0.486 e. The lowest BCUT2D eigenvalue weighted by atomic mass is 9.82. The summed E-state index contributed by atoms with van der Waals surface area (Å²) in [4.78, 5) is 10.8. The predicted octanol–water partition coefficient (Wildman–Crippen LogP) is 4.18. The number of ether oxygens (including phenoxy) is 1. The van der Waals surface area contributed by atoms with E-state index in [-0.39, 0.29) is 21.9 Å². The Balaban J connectivity index is 3.01. The zero-order valence-corrected chi connectivity index (χ0v) is 13.7. The van der Waals surface area contributed by atoms with Crippen molar-refractivity contribution in [3.05, 3.63) is 33.4 Å². The van der Waals surface area contributed by atoms with Crippen molar-refractivity contribution in [2.45, 2.75) is 34.6 Å². The fourth-order valence-electron chi connectivity index (χ4n) is 2.02. The first-order chi connectivity index (χ1) is 9.16. The third kappa shape index (κ3) is 4.13. The van der Waals surface area contributed by atoms with Crippen LogP contribution in [0.3, 0.4) is 0 Å². The summed E-state index contributed by atoms with van der Waals surface area (Å²) >= 11 is 4.35. The molecule has 0 aliphatic heterocycles. The highest BCUT2D eigenvalue weighted by Gasteiger charge is 2.26. The van der Waals surface area contributed by atoms with Gasteiger partial charge in [0.05, 0.1) is 11.5 Å². The van der Waals surface area contributed by atoms with Crippen molar-refractivity contribution in [2.75, 3.05) is 12.4 Å². The van der Waals surface area contributed by atoms with Crippen molar-refractivity contribution in [1.82, 2.24) is 0 Å². The minimum atomic E-state index is -0.387. The smallest absolute Gasteiger partial charge is 0.311 e. The van der Waals surface area contributed by atoms with Crippen LogP contribution in [0.5, 0.6) is 5.75 Å². The molecular formula is C15H23NO3S. The molecule has 0 fully saturated rings. The molecule has 1 unspecified atom stereocenters. The second kappa shape index (κ2) is 6.48. The third-order valence-corrected chi connectivity index (χ3v) is 3.91. The van der Waals surface area contributed by atoms with Gasteiger partial charge in [0.15, 0.2) is 5.75 Å². The van der Waals surface area contributed by atoms with Crippen LogP contribution >= 0.6 is 12.6 Å². The monoisotopic (exact) mass is 297 g/mol. The highest BCUT2D eigenvalue weighted by atomic mass is 32.1. The fourth-order valence-corrected chi connectivity index (χ4v) is 2.67. The number of hydrogen-bond donors (Lipinski definition) is 1. The number of nitro groups is 1. The van der Waals surface area contributed by atoms with E-state index in [0.717, 1.165) is 11.1 Å². The van der Waals surface area contributed by atoms with E-state index in [0.29, 0.717) is 18.1 Å². The minimum absolute atomic E-state index is 0.0364. The van der Waals surface area contributed by atoms with E-state index < -0.39 is 0 Å². The van der Waals surface area contributed by atoms with Crippen LogP contribution in [0.15, 0.2) is 12.1 Å². The number of hydrogen-bond acceptors (Lipinski definition) is 4. The van der Waals surface area contributed by atoms with Gasteiger partial charge in [-0.05, 0) is 36.1 Å². The van der Waals surface area contributed by atoms with Gasteiger partial charge in [-0.25, -0.2) is 0 Å². The molecule has 0 heterocycles. The lowest BCUT2D eigenvalue weighted by molar-refractivity contribution is -0.386. The van der Waals surface area contributed by atoms with Gasteiger partial charge in [-0.2, -0.15) is 12.6 Å². The normalized spacial score (nSPS) is 13.1. The van der Waals surface area contributed by atoms with E-state index in [2.05, 4.69) is 33.4 Å². The molecule has 0 N–H and O–H groups in total. The first-order valence-electron chi connectivity index (χ1n) is 6.66. The summed E-state index contributed by atoms with van der Waals surface area (Å²) in [5, 5.41) is 11.1. The molecule has 1 aromatic rings. The molecule has 0 radical (unpaired) electrons. The molecule has 1 rings (SSSR count). The van der Waals surface area contributed by atoms with Crippen molar-refractivity contribution in [2.24, 2.45) is 11.3 Å². The molecule has 1 atom stereocenters. The summed E-state index contributed by atoms with van der Waals surface area (Å²) < 4.78 is 5.77. The zero-order valence-electron chi connectivity index (χ0n) is 12.8. The maximum absolute atomic E-state index is 11.1. The second-order valence-electron chi connectivity index (χ2n) is 6.24. The number of aryl methyl sites for hydroxylation is 2. The van der Waals surface area contributed by atoms with E-state index >= 15 is 0 Å². The van der Waals surface area contributed by atoms with Gasteiger partial charge in [0.2, 0.25) is 0 Å². The van der Waals surface area contributed by atoms with Gasteiger partial charge in [0.1, 0.15) is 0 Å². The predicted molar refractivity (Wildman–Crippen MR) is 84.9 cm³/mol. The van der Waals surface area contributed by atoms with E-state index in [1.807, 2.05) is 19.9 Å². The van der Waals surface area contributed by atoms with Crippen LogP contribution in [0.1, 0.15) is 31.9 Å². The Bertz CT molecular complexity index is 495. The van der Waals surface area contributed by atoms with Crippen LogP contribution in [0.2, 0.25) is 0 Å². The Hall–Kier alpha value is -1.23.